The molecular formula is C31H31N5O6. The number of likely N-dealkylation sites (tertiary alicyclic amines) is 1. The van der Waals surface area contributed by atoms with Gasteiger partial charge in [-0.1, -0.05) is 36.4 Å². The van der Waals surface area contributed by atoms with Gasteiger partial charge in [0.05, 0.1) is 23.4 Å². The Morgan fingerprint density at radius 1 is 1.00 bits per heavy atom. The second kappa shape index (κ2) is 12.8. The van der Waals surface area contributed by atoms with Crippen LogP contribution in [0.15, 0.2) is 66.9 Å². The Hall–Kier alpha value is -4.87. The Kier molecular flexibility index (Phi) is 8.70. The van der Waals surface area contributed by atoms with E-state index in [1.54, 1.807) is 6.07 Å². The summed E-state index contributed by atoms with van der Waals surface area (Å²) in [5.41, 5.74) is 6.00. The molecule has 0 saturated carbocycles. The largest absolute Gasteiger partial charge is 0.494 e. The quantitative estimate of drug-likeness (QED) is 0.0968. The number of nitrogen functional groups attached to an aromatic ring is 1. The molecule has 1 aliphatic rings. The number of fused-ring (bicyclic) bond motifs is 1. The van der Waals surface area contributed by atoms with E-state index in [9.17, 15) is 19.5 Å². The topological polar surface area (TPSA) is 168 Å². The average molecular weight is 570 g/mol. The van der Waals surface area contributed by atoms with Crippen LogP contribution in [0.1, 0.15) is 46.5 Å². The standard InChI is InChI=1S/C31H31N5O6/c32-35-29(38)23-16-25(21-7-5-19(6-8-21)20-9-11-22(12-10-20)42-15-2-1-14-37)34-26-17-27(33-18-24(23)26)30(39)36-13-3-4-28(36)31(40)41/h5-12,16-18,28,37H,1-4,13-15,32H2,(H,35,38)(H,40,41). The summed E-state index contributed by atoms with van der Waals surface area (Å²) in [7, 11) is 0. The first kappa shape index (κ1) is 28.7. The van der Waals surface area contributed by atoms with Gasteiger partial charge in [-0.2, -0.15) is 0 Å². The highest BCUT2D eigenvalue weighted by atomic mass is 16.5. The highest BCUT2D eigenvalue weighted by Crippen LogP contribution is 2.29. The van der Waals surface area contributed by atoms with E-state index in [2.05, 4.69) is 10.4 Å². The minimum Gasteiger partial charge on any atom is -0.494 e. The first-order valence-corrected chi connectivity index (χ1v) is 13.7. The molecule has 2 aromatic carbocycles. The fraction of sp³-hybridized carbons (Fsp3) is 0.258. The zero-order chi connectivity index (χ0) is 29.6. The van der Waals surface area contributed by atoms with Gasteiger partial charge in [-0.05, 0) is 61.1 Å². The third-order valence-corrected chi connectivity index (χ3v) is 7.28. The first-order chi connectivity index (χ1) is 20.4. The van der Waals surface area contributed by atoms with Crippen LogP contribution in [-0.4, -0.2) is 68.7 Å². The van der Waals surface area contributed by atoms with Crippen molar-refractivity contribution in [2.24, 2.45) is 5.84 Å². The average Bonchev–Trinajstić information content (AvgIpc) is 3.53. The van der Waals surface area contributed by atoms with E-state index in [0.717, 1.165) is 28.9 Å². The van der Waals surface area contributed by atoms with E-state index in [0.29, 0.717) is 49.0 Å². The Morgan fingerprint density at radius 3 is 2.36 bits per heavy atom. The van der Waals surface area contributed by atoms with Crippen LogP contribution in [0.2, 0.25) is 0 Å². The summed E-state index contributed by atoms with van der Waals surface area (Å²) in [6, 6.07) is 17.6. The van der Waals surface area contributed by atoms with Crippen molar-refractivity contribution in [3.63, 3.8) is 0 Å². The van der Waals surface area contributed by atoms with Crippen molar-refractivity contribution < 1.29 is 29.3 Å². The molecule has 42 heavy (non-hydrogen) atoms. The van der Waals surface area contributed by atoms with Crippen LogP contribution in [0.25, 0.3) is 33.3 Å². The van der Waals surface area contributed by atoms with Crippen molar-refractivity contribution in [1.29, 1.82) is 0 Å². The number of benzene rings is 2. The molecule has 0 aliphatic carbocycles. The maximum atomic E-state index is 13.2. The maximum Gasteiger partial charge on any atom is 0.326 e. The molecule has 1 atom stereocenters. The van der Waals surface area contributed by atoms with Gasteiger partial charge in [0.2, 0.25) is 0 Å². The molecule has 0 bridgehead atoms. The van der Waals surface area contributed by atoms with Crippen molar-refractivity contribution >= 4 is 28.7 Å². The minimum absolute atomic E-state index is 0.0515. The molecule has 0 spiro atoms. The van der Waals surface area contributed by atoms with Crippen molar-refractivity contribution in [1.82, 2.24) is 20.3 Å². The lowest BCUT2D eigenvalue weighted by molar-refractivity contribution is -0.141. The van der Waals surface area contributed by atoms with E-state index in [1.165, 1.54) is 17.2 Å². The highest BCUT2D eigenvalue weighted by Gasteiger charge is 2.35. The van der Waals surface area contributed by atoms with Crippen molar-refractivity contribution in [2.45, 2.75) is 31.7 Å². The number of carboxylic acids is 1. The molecule has 216 valence electrons. The normalized spacial score (nSPS) is 14.6. The number of aliphatic carboxylic acids is 1. The van der Waals surface area contributed by atoms with Crippen LogP contribution in [0.4, 0.5) is 0 Å². The van der Waals surface area contributed by atoms with E-state index in [1.807, 2.05) is 48.5 Å². The predicted molar refractivity (Wildman–Crippen MR) is 156 cm³/mol. The van der Waals surface area contributed by atoms with Crippen LogP contribution in [0.3, 0.4) is 0 Å². The minimum atomic E-state index is -1.05. The van der Waals surface area contributed by atoms with Crippen LogP contribution in [-0.2, 0) is 4.79 Å². The van der Waals surface area contributed by atoms with Gasteiger partial charge in [-0.3, -0.25) is 20.0 Å². The lowest BCUT2D eigenvalue weighted by Crippen LogP contribution is -2.40. The van der Waals surface area contributed by atoms with Gasteiger partial charge in [-0.25, -0.2) is 15.6 Å². The molecule has 1 saturated heterocycles. The lowest BCUT2D eigenvalue weighted by atomic mass is 10.0. The van der Waals surface area contributed by atoms with Gasteiger partial charge >= 0.3 is 5.97 Å². The second-order valence-electron chi connectivity index (χ2n) is 9.99. The molecule has 2 amide bonds. The van der Waals surface area contributed by atoms with Crippen molar-refractivity contribution in [2.75, 3.05) is 19.8 Å². The number of hydrogen-bond donors (Lipinski definition) is 4. The number of nitrogens with zero attached hydrogens (tertiary/aromatic N) is 3. The number of pyridine rings is 2. The molecule has 0 radical (unpaired) electrons. The molecule has 2 aromatic heterocycles. The smallest absolute Gasteiger partial charge is 0.326 e. The lowest BCUT2D eigenvalue weighted by Gasteiger charge is -2.21. The summed E-state index contributed by atoms with van der Waals surface area (Å²) in [4.78, 5) is 47.7. The number of carbonyl (C=O) groups is 3. The molecule has 5 N–H and O–H groups in total. The number of nitrogens with one attached hydrogen (secondary N) is 1. The number of aliphatic hydroxyl groups is 1. The van der Waals surface area contributed by atoms with Crippen molar-refractivity contribution in [3.05, 3.63) is 78.1 Å². The molecule has 11 nitrogen and oxygen atoms in total. The molecule has 5 rings (SSSR count). The van der Waals surface area contributed by atoms with Gasteiger partial charge in [0.15, 0.2) is 0 Å². The van der Waals surface area contributed by atoms with E-state index in [-0.39, 0.29) is 17.9 Å². The van der Waals surface area contributed by atoms with Crippen molar-refractivity contribution in [3.8, 4) is 28.1 Å². The highest BCUT2D eigenvalue weighted by molar-refractivity contribution is 6.08. The number of carboxylic acid groups (broad SMARTS) is 1. The third-order valence-electron chi connectivity index (χ3n) is 7.28. The van der Waals surface area contributed by atoms with Gasteiger partial charge < -0.3 is 19.8 Å². The number of hydrazine groups is 1. The zero-order valence-electron chi connectivity index (χ0n) is 22.8. The molecule has 3 heterocycles. The van der Waals surface area contributed by atoms with Crippen LogP contribution in [0.5, 0.6) is 5.75 Å². The number of unbranched alkanes of at least 4 members (excludes halogenated alkanes) is 1. The number of ether oxygens (including phenoxy) is 1. The van der Waals surface area contributed by atoms with Gasteiger partial charge in [-0.15, -0.1) is 0 Å². The molecule has 1 unspecified atom stereocenters. The molecule has 4 aromatic rings. The summed E-state index contributed by atoms with van der Waals surface area (Å²) in [6.07, 6.45) is 3.86. The molecule has 11 heteroatoms. The fourth-order valence-electron chi connectivity index (χ4n) is 5.05. The number of amides is 2. The number of nitrogens with two attached hydrogens (primary N) is 1. The summed E-state index contributed by atoms with van der Waals surface area (Å²) >= 11 is 0. The summed E-state index contributed by atoms with van der Waals surface area (Å²) < 4.78 is 5.70. The summed E-state index contributed by atoms with van der Waals surface area (Å²) in [6.45, 7) is 1.03. The monoisotopic (exact) mass is 569 g/mol. The SMILES string of the molecule is NNC(=O)c1cc(-c2ccc(-c3ccc(OCCCCO)cc3)cc2)nc2cc(C(=O)N3CCCC3C(=O)O)ncc12. The molecule has 1 fully saturated rings. The van der Waals surface area contributed by atoms with E-state index in [4.69, 9.17) is 20.7 Å². The molecular weight excluding hydrogens is 538 g/mol. The van der Waals surface area contributed by atoms with Gasteiger partial charge in [0.1, 0.15) is 17.5 Å². The van der Waals surface area contributed by atoms with Crippen LogP contribution in [0, 0.1) is 0 Å². The fourth-order valence-corrected chi connectivity index (χ4v) is 5.05. The maximum absolute atomic E-state index is 13.2. The first-order valence-electron chi connectivity index (χ1n) is 13.7. The van der Waals surface area contributed by atoms with Gasteiger partial charge in [0.25, 0.3) is 11.8 Å². The number of hydrogen-bond acceptors (Lipinski definition) is 8. The Bertz CT molecular complexity index is 1610. The Morgan fingerprint density at radius 2 is 1.69 bits per heavy atom. The van der Waals surface area contributed by atoms with Crippen LogP contribution >= 0.6 is 0 Å². The number of rotatable bonds is 10. The zero-order valence-corrected chi connectivity index (χ0v) is 22.8. The summed E-state index contributed by atoms with van der Waals surface area (Å²) in [5, 5.41) is 18.8. The number of aliphatic hydroxyl groups excluding tert-OH is 1. The predicted octanol–water partition coefficient (Wildman–Crippen LogP) is 3.41. The summed E-state index contributed by atoms with van der Waals surface area (Å²) in [5.74, 6) is 4.12. The van der Waals surface area contributed by atoms with E-state index >= 15 is 0 Å². The Balaban J connectivity index is 1.43. The van der Waals surface area contributed by atoms with Gasteiger partial charge in [0, 0.05) is 30.3 Å². The second-order valence-corrected chi connectivity index (χ2v) is 9.99. The number of carbonyl (C=O) groups excluding carboxylic acids is 2. The Labute approximate surface area is 241 Å². The molecule has 1 aliphatic heterocycles. The van der Waals surface area contributed by atoms with Crippen LogP contribution < -0.4 is 16.0 Å². The van der Waals surface area contributed by atoms with E-state index < -0.39 is 23.8 Å². The third kappa shape index (κ3) is 6.07. The number of aromatic nitrogens is 2.